The van der Waals surface area contributed by atoms with Crippen molar-refractivity contribution >= 4 is 33.7 Å². The van der Waals surface area contributed by atoms with Gasteiger partial charge in [-0.3, -0.25) is 14.3 Å². The van der Waals surface area contributed by atoms with Crippen LogP contribution in [-0.4, -0.2) is 34.1 Å². The van der Waals surface area contributed by atoms with Gasteiger partial charge in [0.1, 0.15) is 17.2 Å². The van der Waals surface area contributed by atoms with Gasteiger partial charge >= 0.3 is 6.03 Å². The minimum atomic E-state index is -0.602. The van der Waals surface area contributed by atoms with Crippen molar-refractivity contribution in [2.75, 3.05) is 7.11 Å². The molecule has 0 spiro atoms. The summed E-state index contributed by atoms with van der Waals surface area (Å²) in [5.74, 6) is 0.848. The lowest BCUT2D eigenvalue weighted by molar-refractivity contribution is 0.0997. The second-order valence-electron chi connectivity index (χ2n) is 8.43. The zero-order chi connectivity index (χ0) is 23.0. The van der Waals surface area contributed by atoms with Crippen molar-refractivity contribution in [2.24, 2.45) is 5.73 Å². The van der Waals surface area contributed by atoms with E-state index < -0.39 is 5.91 Å². The molecule has 164 valence electrons. The summed E-state index contributed by atoms with van der Waals surface area (Å²) in [5, 5.41) is 4.43. The van der Waals surface area contributed by atoms with Gasteiger partial charge in [0, 0.05) is 34.8 Å². The summed E-state index contributed by atoms with van der Waals surface area (Å²) >= 11 is 0. The molecular weight excluding hydrogens is 408 g/mol. The predicted molar refractivity (Wildman–Crippen MR) is 123 cm³/mol. The topological polar surface area (TPSA) is 108 Å². The number of carbonyl (C=O) groups excluding carboxylic acids is 2. The highest BCUT2D eigenvalue weighted by Crippen LogP contribution is 2.34. The van der Waals surface area contributed by atoms with Crippen LogP contribution >= 0.6 is 0 Å². The summed E-state index contributed by atoms with van der Waals surface area (Å²) in [6.07, 6.45) is 3.34. The van der Waals surface area contributed by atoms with Crippen LogP contribution in [0.3, 0.4) is 0 Å². The normalized spacial score (nSPS) is 11.5. The Bertz CT molecular complexity index is 1350. The van der Waals surface area contributed by atoms with E-state index in [1.807, 2.05) is 39.0 Å². The third-order valence-electron chi connectivity index (χ3n) is 4.88. The minimum Gasteiger partial charge on any atom is -0.496 e. The minimum absolute atomic E-state index is 0.200. The molecule has 0 bridgehead atoms. The van der Waals surface area contributed by atoms with E-state index >= 15 is 0 Å². The van der Waals surface area contributed by atoms with Crippen molar-refractivity contribution in [1.29, 1.82) is 0 Å². The van der Waals surface area contributed by atoms with E-state index in [0.29, 0.717) is 28.2 Å². The number of nitrogens with two attached hydrogens (primary N) is 1. The number of hydrogen-bond acceptors (Lipinski definition) is 5. The number of rotatable bonds is 4. The Morgan fingerprint density at radius 1 is 1.06 bits per heavy atom. The molecule has 0 unspecified atom stereocenters. The maximum Gasteiger partial charge on any atom is 0.326 e. The Labute approximate surface area is 184 Å². The van der Waals surface area contributed by atoms with Crippen LogP contribution in [0, 0.1) is 0 Å². The van der Waals surface area contributed by atoms with Gasteiger partial charge in [0.05, 0.1) is 23.7 Å². The van der Waals surface area contributed by atoms with Crippen LogP contribution in [0.1, 0.15) is 31.1 Å². The molecule has 3 N–H and O–H groups in total. The van der Waals surface area contributed by atoms with E-state index in [0.717, 1.165) is 10.9 Å². The van der Waals surface area contributed by atoms with E-state index in [1.54, 1.807) is 41.2 Å². The Morgan fingerprint density at radius 2 is 1.84 bits per heavy atom. The number of benzene rings is 2. The van der Waals surface area contributed by atoms with Gasteiger partial charge in [0.25, 0.3) is 5.91 Å². The molecule has 2 aromatic heterocycles. The second kappa shape index (κ2) is 7.88. The van der Waals surface area contributed by atoms with E-state index in [4.69, 9.17) is 15.2 Å². The molecule has 0 aliphatic rings. The number of nitrogens with one attached hydrogen (secondary N) is 1. The van der Waals surface area contributed by atoms with E-state index in [2.05, 4.69) is 10.3 Å². The van der Waals surface area contributed by atoms with Crippen LogP contribution in [0.25, 0.3) is 21.8 Å². The SMILES string of the molecule is COc1cc2nccc(Oc3ccc4c(ccn4C(=O)NC(C)(C)C)c3)c2cc1C(N)=O. The monoisotopic (exact) mass is 432 g/mol. The first-order valence-electron chi connectivity index (χ1n) is 10.0. The van der Waals surface area contributed by atoms with Crippen molar-refractivity contribution < 1.29 is 19.1 Å². The number of carbonyl (C=O) groups is 2. The molecule has 0 saturated heterocycles. The summed E-state index contributed by atoms with van der Waals surface area (Å²) in [5.41, 5.74) is 6.77. The number of primary amides is 1. The maximum atomic E-state index is 12.6. The maximum absolute atomic E-state index is 12.6. The average molecular weight is 432 g/mol. The van der Waals surface area contributed by atoms with Crippen molar-refractivity contribution in [1.82, 2.24) is 14.9 Å². The first-order valence-corrected chi connectivity index (χ1v) is 10.0. The molecule has 0 fully saturated rings. The highest BCUT2D eigenvalue weighted by Gasteiger charge is 2.17. The first-order chi connectivity index (χ1) is 15.2. The zero-order valence-corrected chi connectivity index (χ0v) is 18.3. The first kappa shape index (κ1) is 21.2. The van der Waals surface area contributed by atoms with Gasteiger partial charge in [0.15, 0.2) is 0 Å². The Balaban J connectivity index is 1.70. The van der Waals surface area contributed by atoms with Gasteiger partial charge in [-0.2, -0.15) is 0 Å². The molecule has 0 aliphatic carbocycles. The standard InChI is InChI=1S/C24H24N4O4/c1-24(2,3)27-23(30)28-10-8-14-11-15(5-6-19(14)28)32-20-7-9-26-18-13-21(31-4)17(22(25)29)12-16(18)20/h5-13H,1-4H3,(H2,25,29)(H,27,30). The summed E-state index contributed by atoms with van der Waals surface area (Å²) < 4.78 is 12.9. The number of hydrogen-bond donors (Lipinski definition) is 2. The van der Waals surface area contributed by atoms with Crippen LogP contribution < -0.4 is 20.5 Å². The molecule has 2 amide bonds. The lowest BCUT2D eigenvalue weighted by Crippen LogP contribution is -2.42. The molecule has 32 heavy (non-hydrogen) atoms. The molecule has 4 aromatic rings. The van der Waals surface area contributed by atoms with Crippen LogP contribution in [0.15, 0.2) is 54.9 Å². The van der Waals surface area contributed by atoms with Gasteiger partial charge in [-0.1, -0.05) is 0 Å². The summed E-state index contributed by atoms with van der Waals surface area (Å²) in [6.45, 7) is 5.79. The number of nitrogens with zero attached hydrogens (tertiary/aromatic N) is 2. The second-order valence-corrected chi connectivity index (χ2v) is 8.43. The number of aromatic nitrogens is 2. The predicted octanol–water partition coefficient (Wildman–Crippen LogP) is 4.45. The van der Waals surface area contributed by atoms with Gasteiger partial charge < -0.3 is 20.5 Å². The summed E-state index contributed by atoms with van der Waals surface area (Å²) in [7, 11) is 1.47. The fraction of sp³-hybridized carbons (Fsp3) is 0.208. The van der Waals surface area contributed by atoms with Crippen molar-refractivity contribution in [2.45, 2.75) is 26.3 Å². The number of fused-ring (bicyclic) bond motifs is 2. The van der Waals surface area contributed by atoms with Crippen molar-refractivity contribution in [3.63, 3.8) is 0 Å². The Kier molecular flexibility index (Phi) is 5.22. The van der Waals surface area contributed by atoms with E-state index in [9.17, 15) is 9.59 Å². The van der Waals surface area contributed by atoms with E-state index in [-0.39, 0.29) is 17.1 Å². The number of pyridine rings is 1. The fourth-order valence-corrected chi connectivity index (χ4v) is 3.47. The van der Waals surface area contributed by atoms with Gasteiger partial charge in [-0.05, 0) is 57.2 Å². The Morgan fingerprint density at radius 3 is 2.53 bits per heavy atom. The summed E-state index contributed by atoms with van der Waals surface area (Å²) in [4.78, 5) is 28.7. The molecule has 4 rings (SSSR count). The van der Waals surface area contributed by atoms with Crippen molar-refractivity contribution in [3.8, 4) is 17.2 Å². The average Bonchev–Trinajstić information content (AvgIpc) is 3.15. The summed E-state index contributed by atoms with van der Waals surface area (Å²) in [6, 6.07) is 12.1. The molecule has 2 aromatic carbocycles. The number of amides is 2. The lowest BCUT2D eigenvalue weighted by Gasteiger charge is -2.20. The zero-order valence-electron chi connectivity index (χ0n) is 18.3. The quantitative estimate of drug-likeness (QED) is 0.495. The molecule has 0 aliphatic heterocycles. The molecule has 2 heterocycles. The van der Waals surface area contributed by atoms with Crippen LogP contribution in [0.2, 0.25) is 0 Å². The third-order valence-corrected chi connectivity index (χ3v) is 4.88. The van der Waals surface area contributed by atoms with Gasteiger partial charge in [-0.15, -0.1) is 0 Å². The Hall–Kier alpha value is -4.07. The number of ether oxygens (including phenoxy) is 2. The van der Waals surface area contributed by atoms with Gasteiger partial charge in [-0.25, -0.2) is 4.79 Å². The molecule has 0 radical (unpaired) electrons. The van der Waals surface area contributed by atoms with Gasteiger partial charge in [0.2, 0.25) is 0 Å². The molecule has 0 saturated carbocycles. The molecular formula is C24H24N4O4. The van der Waals surface area contributed by atoms with Crippen LogP contribution in [0.5, 0.6) is 17.2 Å². The largest absolute Gasteiger partial charge is 0.496 e. The highest BCUT2D eigenvalue weighted by atomic mass is 16.5. The molecule has 0 atom stereocenters. The molecule has 8 heteroatoms. The van der Waals surface area contributed by atoms with Crippen molar-refractivity contribution in [3.05, 3.63) is 60.4 Å². The number of methoxy groups -OCH3 is 1. The lowest BCUT2D eigenvalue weighted by atomic mass is 10.1. The molecule has 8 nitrogen and oxygen atoms in total. The van der Waals surface area contributed by atoms with Crippen LogP contribution in [0.4, 0.5) is 4.79 Å². The highest BCUT2D eigenvalue weighted by molar-refractivity contribution is 6.01. The van der Waals surface area contributed by atoms with Crippen LogP contribution in [-0.2, 0) is 0 Å². The third kappa shape index (κ3) is 4.07. The fourth-order valence-electron chi connectivity index (χ4n) is 3.47. The smallest absolute Gasteiger partial charge is 0.326 e. The van der Waals surface area contributed by atoms with E-state index in [1.165, 1.54) is 7.11 Å².